The monoisotopic (exact) mass is 362 g/mol. The Balaban J connectivity index is 1.96. The van der Waals surface area contributed by atoms with E-state index in [1.807, 2.05) is 0 Å². The lowest BCUT2D eigenvalue weighted by atomic mass is 10.1. The zero-order valence-electron chi connectivity index (χ0n) is 15.8. The molecule has 0 aliphatic carbocycles. The van der Waals surface area contributed by atoms with Crippen LogP contribution in [-0.2, 0) is 4.79 Å². The van der Waals surface area contributed by atoms with E-state index in [-0.39, 0.29) is 11.8 Å². The second kappa shape index (κ2) is 10.7. The van der Waals surface area contributed by atoms with Crippen molar-refractivity contribution in [1.82, 2.24) is 10.6 Å². The first kappa shape index (κ1) is 20.1. The molecule has 144 valence electrons. The molecule has 1 heterocycles. The van der Waals surface area contributed by atoms with Gasteiger partial charge in [0.1, 0.15) is 6.04 Å². The SMILES string of the molecule is CCCCCCOc1ccc(C(=O)NC2CCCCNC2=O)cc1OC. The normalized spacial score (nSPS) is 17.2. The van der Waals surface area contributed by atoms with Gasteiger partial charge in [0.2, 0.25) is 5.91 Å². The summed E-state index contributed by atoms with van der Waals surface area (Å²) in [5, 5.41) is 5.64. The van der Waals surface area contributed by atoms with Crippen molar-refractivity contribution in [1.29, 1.82) is 0 Å². The molecule has 0 aromatic heterocycles. The molecule has 2 N–H and O–H groups in total. The van der Waals surface area contributed by atoms with Crippen LogP contribution in [0.1, 0.15) is 62.2 Å². The number of ether oxygens (including phenoxy) is 2. The van der Waals surface area contributed by atoms with E-state index in [1.165, 1.54) is 12.8 Å². The van der Waals surface area contributed by atoms with E-state index in [0.717, 1.165) is 25.7 Å². The molecule has 1 aliphatic heterocycles. The fourth-order valence-electron chi connectivity index (χ4n) is 2.96. The number of carbonyl (C=O) groups is 2. The van der Waals surface area contributed by atoms with Crippen molar-refractivity contribution in [3.05, 3.63) is 23.8 Å². The lowest BCUT2D eigenvalue weighted by Gasteiger charge is -2.16. The largest absolute Gasteiger partial charge is 0.493 e. The van der Waals surface area contributed by atoms with Crippen molar-refractivity contribution in [2.75, 3.05) is 20.3 Å². The van der Waals surface area contributed by atoms with Crippen LogP contribution in [0.3, 0.4) is 0 Å². The van der Waals surface area contributed by atoms with Gasteiger partial charge in [-0.1, -0.05) is 26.2 Å². The third-order valence-corrected chi connectivity index (χ3v) is 4.52. The molecular formula is C20H30N2O4. The van der Waals surface area contributed by atoms with Crippen LogP contribution in [0.15, 0.2) is 18.2 Å². The minimum Gasteiger partial charge on any atom is -0.493 e. The molecule has 2 amide bonds. The molecule has 1 aliphatic rings. The van der Waals surface area contributed by atoms with E-state index >= 15 is 0 Å². The highest BCUT2D eigenvalue weighted by atomic mass is 16.5. The molecule has 0 saturated carbocycles. The minimum absolute atomic E-state index is 0.116. The van der Waals surface area contributed by atoms with Crippen LogP contribution in [0.25, 0.3) is 0 Å². The number of carbonyl (C=O) groups excluding carboxylic acids is 2. The van der Waals surface area contributed by atoms with Crippen molar-refractivity contribution in [3.63, 3.8) is 0 Å². The first-order valence-corrected chi connectivity index (χ1v) is 9.55. The quantitative estimate of drug-likeness (QED) is 0.662. The van der Waals surface area contributed by atoms with Crippen LogP contribution in [-0.4, -0.2) is 38.1 Å². The molecule has 1 aromatic carbocycles. The standard InChI is InChI=1S/C20H30N2O4/c1-3-4-5-8-13-26-17-11-10-15(14-18(17)25-2)19(23)22-16-9-6-7-12-21-20(16)24/h10-11,14,16H,3-9,12-13H2,1-2H3,(H,21,24)(H,22,23). The van der Waals surface area contributed by atoms with Crippen LogP contribution in [0.4, 0.5) is 0 Å². The number of nitrogens with one attached hydrogen (secondary N) is 2. The third-order valence-electron chi connectivity index (χ3n) is 4.52. The third kappa shape index (κ3) is 5.93. The fourth-order valence-corrected chi connectivity index (χ4v) is 2.96. The maximum absolute atomic E-state index is 12.5. The summed E-state index contributed by atoms with van der Waals surface area (Å²) < 4.78 is 11.1. The Kier molecular flexibility index (Phi) is 8.25. The van der Waals surface area contributed by atoms with Crippen molar-refractivity contribution in [2.45, 2.75) is 57.9 Å². The molecule has 6 heteroatoms. The van der Waals surface area contributed by atoms with E-state index in [2.05, 4.69) is 17.6 Å². The summed E-state index contributed by atoms with van der Waals surface area (Å²) in [5.41, 5.74) is 0.456. The fraction of sp³-hybridized carbons (Fsp3) is 0.600. The lowest BCUT2D eigenvalue weighted by Crippen LogP contribution is -2.45. The molecule has 1 fully saturated rings. The molecule has 1 aromatic rings. The molecule has 1 atom stereocenters. The van der Waals surface area contributed by atoms with Gasteiger partial charge < -0.3 is 20.1 Å². The summed E-state index contributed by atoms with van der Waals surface area (Å²) in [7, 11) is 1.56. The predicted octanol–water partition coefficient (Wildman–Crippen LogP) is 3.05. The Morgan fingerprint density at radius 1 is 1.23 bits per heavy atom. The summed E-state index contributed by atoms with van der Waals surface area (Å²) >= 11 is 0. The van der Waals surface area contributed by atoms with Crippen LogP contribution in [0, 0.1) is 0 Å². The molecule has 26 heavy (non-hydrogen) atoms. The van der Waals surface area contributed by atoms with Crippen LogP contribution in [0.2, 0.25) is 0 Å². The van der Waals surface area contributed by atoms with Gasteiger partial charge in [-0.25, -0.2) is 0 Å². The van der Waals surface area contributed by atoms with E-state index in [4.69, 9.17) is 9.47 Å². The highest BCUT2D eigenvalue weighted by Gasteiger charge is 2.23. The number of hydrogen-bond acceptors (Lipinski definition) is 4. The summed E-state index contributed by atoms with van der Waals surface area (Å²) in [6.07, 6.45) is 7.04. The minimum atomic E-state index is -0.481. The highest BCUT2D eigenvalue weighted by Crippen LogP contribution is 2.28. The zero-order valence-corrected chi connectivity index (χ0v) is 15.8. The number of amides is 2. The smallest absolute Gasteiger partial charge is 0.252 e. The Morgan fingerprint density at radius 3 is 2.85 bits per heavy atom. The van der Waals surface area contributed by atoms with Gasteiger partial charge in [-0.3, -0.25) is 9.59 Å². The van der Waals surface area contributed by atoms with Crippen LogP contribution >= 0.6 is 0 Å². The van der Waals surface area contributed by atoms with E-state index in [0.29, 0.717) is 36.6 Å². The predicted molar refractivity (Wildman–Crippen MR) is 101 cm³/mol. The topological polar surface area (TPSA) is 76.7 Å². The highest BCUT2D eigenvalue weighted by molar-refractivity contribution is 5.98. The average molecular weight is 362 g/mol. The van der Waals surface area contributed by atoms with Gasteiger partial charge in [0.25, 0.3) is 5.91 Å². The average Bonchev–Trinajstić information content (AvgIpc) is 2.86. The number of methoxy groups -OCH3 is 1. The van der Waals surface area contributed by atoms with E-state index < -0.39 is 6.04 Å². The molecule has 0 bridgehead atoms. The number of hydrogen-bond donors (Lipinski definition) is 2. The van der Waals surface area contributed by atoms with Gasteiger partial charge in [0, 0.05) is 12.1 Å². The number of rotatable bonds is 9. The van der Waals surface area contributed by atoms with Gasteiger partial charge in [-0.05, 0) is 43.9 Å². The first-order valence-electron chi connectivity index (χ1n) is 9.55. The molecule has 1 saturated heterocycles. The Morgan fingerprint density at radius 2 is 2.08 bits per heavy atom. The Labute approximate surface area is 155 Å². The van der Waals surface area contributed by atoms with Crippen LogP contribution < -0.4 is 20.1 Å². The maximum Gasteiger partial charge on any atom is 0.252 e. The summed E-state index contributed by atoms with van der Waals surface area (Å²) in [5.74, 6) is 0.765. The summed E-state index contributed by atoms with van der Waals surface area (Å²) in [6, 6.07) is 4.63. The number of unbranched alkanes of at least 4 members (excludes halogenated alkanes) is 3. The molecule has 6 nitrogen and oxygen atoms in total. The van der Waals surface area contributed by atoms with Crippen molar-refractivity contribution >= 4 is 11.8 Å². The Bertz CT molecular complexity index is 603. The molecule has 1 unspecified atom stereocenters. The lowest BCUT2D eigenvalue weighted by molar-refractivity contribution is -0.122. The first-order chi connectivity index (χ1) is 12.7. The van der Waals surface area contributed by atoms with Gasteiger partial charge in [0.15, 0.2) is 11.5 Å². The maximum atomic E-state index is 12.5. The molecule has 2 rings (SSSR count). The van der Waals surface area contributed by atoms with Gasteiger partial charge in [0.05, 0.1) is 13.7 Å². The molecule has 0 spiro atoms. The van der Waals surface area contributed by atoms with E-state index in [9.17, 15) is 9.59 Å². The van der Waals surface area contributed by atoms with Crippen molar-refractivity contribution in [2.24, 2.45) is 0 Å². The van der Waals surface area contributed by atoms with Gasteiger partial charge >= 0.3 is 0 Å². The summed E-state index contributed by atoms with van der Waals surface area (Å²) in [4.78, 5) is 24.5. The summed E-state index contributed by atoms with van der Waals surface area (Å²) in [6.45, 7) is 3.47. The number of benzene rings is 1. The second-order valence-electron chi connectivity index (χ2n) is 6.59. The van der Waals surface area contributed by atoms with E-state index in [1.54, 1.807) is 25.3 Å². The van der Waals surface area contributed by atoms with Crippen molar-refractivity contribution in [3.8, 4) is 11.5 Å². The van der Waals surface area contributed by atoms with Gasteiger partial charge in [-0.2, -0.15) is 0 Å². The Hall–Kier alpha value is -2.24. The van der Waals surface area contributed by atoms with Crippen molar-refractivity contribution < 1.29 is 19.1 Å². The zero-order chi connectivity index (χ0) is 18.8. The van der Waals surface area contributed by atoms with Crippen LogP contribution in [0.5, 0.6) is 11.5 Å². The second-order valence-corrected chi connectivity index (χ2v) is 6.59. The molecule has 0 radical (unpaired) electrons. The molecular weight excluding hydrogens is 332 g/mol. The van der Waals surface area contributed by atoms with Gasteiger partial charge in [-0.15, -0.1) is 0 Å².